The van der Waals surface area contributed by atoms with Gasteiger partial charge in [-0.1, -0.05) is 12.1 Å². The Kier molecular flexibility index (Phi) is 7.73. The smallest absolute Gasteiger partial charge is 0.280 e. The average Bonchev–Trinajstić information content (AvgIpc) is 2.82. The molecule has 33 heavy (non-hydrogen) atoms. The Labute approximate surface area is 191 Å². The molecule has 10 heteroatoms. The second-order valence-corrected chi connectivity index (χ2v) is 8.33. The number of hydrazone groups is 1. The second-order valence-electron chi connectivity index (χ2n) is 6.70. The molecule has 0 unspecified atom stereocenters. The minimum atomic E-state index is -4.01. The van der Waals surface area contributed by atoms with Gasteiger partial charge in [-0.05, 0) is 53.6 Å². The lowest BCUT2D eigenvalue weighted by Crippen LogP contribution is -2.19. The minimum Gasteiger partial charge on any atom is -0.497 e. The molecule has 0 fully saturated rings. The van der Waals surface area contributed by atoms with E-state index in [0.29, 0.717) is 28.4 Å². The van der Waals surface area contributed by atoms with E-state index in [1.165, 1.54) is 51.8 Å². The third-order valence-corrected chi connectivity index (χ3v) is 5.76. The van der Waals surface area contributed by atoms with Crippen molar-refractivity contribution in [2.24, 2.45) is 5.10 Å². The van der Waals surface area contributed by atoms with Crippen molar-refractivity contribution in [1.29, 1.82) is 0 Å². The van der Waals surface area contributed by atoms with Crippen molar-refractivity contribution in [3.63, 3.8) is 0 Å². The second kappa shape index (κ2) is 10.7. The predicted molar refractivity (Wildman–Crippen MR) is 121 cm³/mol. The summed E-state index contributed by atoms with van der Waals surface area (Å²) in [6, 6.07) is 15.5. The number of ether oxygens (including phenoxy) is 4. The van der Waals surface area contributed by atoms with E-state index in [1.807, 2.05) is 0 Å². The first-order valence-corrected chi connectivity index (χ1v) is 11.2. The van der Waals surface area contributed by atoms with Crippen molar-refractivity contribution in [2.75, 3.05) is 21.3 Å². The van der Waals surface area contributed by atoms with Crippen molar-refractivity contribution in [1.82, 2.24) is 4.83 Å². The molecule has 0 amide bonds. The fourth-order valence-electron chi connectivity index (χ4n) is 2.89. The van der Waals surface area contributed by atoms with Crippen LogP contribution in [0.5, 0.6) is 23.0 Å². The highest BCUT2D eigenvalue weighted by Crippen LogP contribution is 2.29. The zero-order chi connectivity index (χ0) is 23.8. The minimum absolute atomic E-state index is 0.111. The van der Waals surface area contributed by atoms with Crippen LogP contribution in [0.1, 0.15) is 11.1 Å². The standard InChI is InChI=1S/C23H23FN2O6S/c1-29-19-8-10-21(30-2)23(13-19)33(27,28)26-25-14-16-7-9-20(22(12-16)31-3)32-15-17-5-4-6-18(24)11-17/h4-14,26H,15H2,1-3H3/b25-14-. The van der Waals surface area contributed by atoms with E-state index in [9.17, 15) is 12.8 Å². The Bertz CT molecular complexity index is 1250. The van der Waals surface area contributed by atoms with E-state index in [0.717, 1.165) is 0 Å². The van der Waals surface area contributed by atoms with E-state index < -0.39 is 10.0 Å². The van der Waals surface area contributed by atoms with Gasteiger partial charge in [-0.3, -0.25) is 0 Å². The van der Waals surface area contributed by atoms with Crippen molar-refractivity contribution < 1.29 is 31.8 Å². The number of hydrogen-bond donors (Lipinski definition) is 1. The van der Waals surface area contributed by atoms with E-state index in [4.69, 9.17) is 18.9 Å². The molecule has 3 rings (SSSR count). The summed E-state index contributed by atoms with van der Waals surface area (Å²) in [5.41, 5.74) is 1.23. The van der Waals surface area contributed by atoms with Crippen molar-refractivity contribution in [2.45, 2.75) is 11.5 Å². The molecule has 0 aliphatic rings. The Balaban J connectivity index is 1.72. The number of hydrogen-bond acceptors (Lipinski definition) is 7. The highest BCUT2D eigenvalue weighted by molar-refractivity contribution is 7.89. The molecule has 0 radical (unpaired) electrons. The Morgan fingerprint density at radius 2 is 1.67 bits per heavy atom. The maximum absolute atomic E-state index is 13.3. The molecule has 0 bridgehead atoms. The summed E-state index contributed by atoms with van der Waals surface area (Å²) in [7, 11) is 0.266. The van der Waals surface area contributed by atoms with Gasteiger partial charge in [-0.15, -0.1) is 0 Å². The van der Waals surface area contributed by atoms with Gasteiger partial charge < -0.3 is 18.9 Å². The largest absolute Gasteiger partial charge is 0.497 e. The van der Waals surface area contributed by atoms with Gasteiger partial charge >= 0.3 is 0 Å². The number of rotatable bonds is 10. The van der Waals surface area contributed by atoms with E-state index in [2.05, 4.69) is 9.93 Å². The summed E-state index contributed by atoms with van der Waals surface area (Å²) in [5, 5.41) is 3.83. The third kappa shape index (κ3) is 6.13. The fraction of sp³-hybridized carbons (Fsp3) is 0.174. The van der Waals surface area contributed by atoms with Gasteiger partial charge in [0.1, 0.15) is 28.8 Å². The van der Waals surface area contributed by atoms with Crippen molar-refractivity contribution in [3.8, 4) is 23.0 Å². The summed E-state index contributed by atoms with van der Waals surface area (Å²) in [6.45, 7) is 0.156. The lowest BCUT2D eigenvalue weighted by Gasteiger charge is -2.12. The molecule has 1 N–H and O–H groups in total. The number of nitrogens with one attached hydrogen (secondary N) is 1. The molecule has 0 aliphatic heterocycles. The molecule has 8 nitrogen and oxygen atoms in total. The van der Waals surface area contributed by atoms with Crippen molar-refractivity contribution >= 4 is 16.2 Å². The van der Waals surface area contributed by atoms with Gasteiger partial charge in [-0.25, -0.2) is 4.39 Å². The van der Waals surface area contributed by atoms with E-state index in [-0.39, 0.29) is 23.1 Å². The van der Waals surface area contributed by atoms with E-state index in [1.54, 1.807) is 36.4 Å². The molecule has 0 saturated carbocycles. The number of halogens is 1. The lowest BCUT2D eigenvalue weighted by molar-refractivity contribution is 0.284. The summed E-state index contributed by atoms with van der Waals surface area (Å²) < 4.78 is 59.9. The first-order chi connectivity index (χ1) is 15.9. The van der Waals surface area contributed by atoms with Crippen LogP contribution in [0.3, 0.4) is 0 Å². The van der Waals surface area contributed by atoms with Crippen LogP contribution >= 0.6 is 0 Å². The van der Waals surface area contributed by atoms with Crippen LogP contribution in [0.15, 0.2) is 70.7 Å². The van der Waals surface area contributed by atoms with Crippen LogP contribution in [-0.4, -0.2) is 36.0 Å². The molecular weight excluding hydrogens is 451 g/mol. The van der Waals surface area contributed by atoms with Crippen LogP contribution in [0, 0.1) is 5.82 Å². The summed E-state index contributed by atoms with van der Waals surface area (Å²) >= 11 is 0. The Hall–Kier alpha value is -3.79. The number of sulfonamides is 1. The number of benzene rings is 3. The highest BCUT2D eigenvalue weighted by atomic mass is 32.2. The first-order valence-electron chi connectivity index (χ1n) is 9.68. The molecule has 3 aromatic carbocycles. The topological polar surface area (TPSA) is 95.5 Å². The maximum atomic E-state index is 13.3. The third-order valence-electron chi connectivity index (χ3n) is 4.52. The van der Waals surface area contributed by atoms with Crippen molar-refractivity contribution in [3.05, 3.63) is 77.6 Å². The van der Waals surface area contributed by atoms with Crippen LogP contribution in [0.4, 0.5) is 4.39 Å². The van der Waals surface area contributed by atoms with Gasteiger partial charge in [0.05, 0.1) is 27.5 Å². The average molecular weight is 475 g/mol. The maximum Gasteiger partial charge on any atom is 0.280 e. The first kappa shape index (κ1) is 23.9. The van der Waals surface area contributed by atoms with Crippen LogP contribution in [0.25, 0.3) is 0 Å². The summed E-state index contributed by atoms with van der Waals surface area (Å²) in [6.07, 6.45) is 1.32. The summed E-state index contributed by atoms with van der Waals surface area (Å²) in [5.74, 6) is 1.02. The molecular formula is C23H23FN2O6S. The van der Waals surface area contributed by atoms with Crippen LogP contribution in [-0.2, 0) is 16.6 Å². The molecule has 0 atom stereocenters. The molecule has 0 aliphatic carbocycles. The van der Waals surface area contributed by atoms with Gasteiger partial charge in [-0.2, -0.15) is 18.4 Å². The van der Waals surface area contributed by atoms with E-state index >= 15 is 0 Å². The molecule has 0 saturated heterocycles. The quantitative estimate of drug-likeness (QED) is 0.355. The Morgan fingerprint density at radius 3 is 2.36 bits per heavy atom. The normalized spacial score (nSPS) is 11.3. The van der Waals surface area contributed by atoms with Gasteiger partial charge in [0.15, 0.2) is 11.5 Å². The predicted octanol–water partition coefficient (Wildman–Crippen LogP) is 3.74. The zero-order valence-corrected chi connectivity index (χ0v) is 19.1. The molecule has 3 aromatic rings. The monoisotopic (exact) mass is 474 g/mol. The molecule has 174 valence electrons. The summed E-state index contributed by atoms with van der Waals surface area (Å²) in [4.78, 5) is 2.04. The highest BCUT2D eigenvalue weighted by Gasteiger charge is 2.20. The molecule has 0 aromatic heterocycles. The fourth-order valence-corrected chi connectivity index (χ4v) is 3.86. The molecule has 0 heterocycles. The van der Waals surface area contributed by atoms with Crippen LogP contribution in [0.2, 0.25) is 0 Å². The SMILES string of the molecule is COc1ccc(OC)c(S(=O)(=O)N/N=C\c2ccc(OCc3cccc(F)c3)c(OC)c2)c1. The zero-order valence-electron chi connectivity index (χ0n) is 18.2. The number of methoxy groups -OCH3 is 3. The Morgan fingerprint density at radius 1 is 0.909 bits per heavy atom. The lowest BCUT2D eigenvalue weighted by atomic mass is 10.2. The van der Waals surface area contributed by atoms with Gasteiger partial charge in [0, 0.05) is 6.07 Å². The van der Waals surface area contributed by atoms with Gasteiger partial charge in [0.25, 0.3) is 10.0 Å². The van der Waals surface area contributed by atoms with Gasteiger partial charge in [0.2, 0.25) is 0 Å². The van der Waals surface area contributed by atoms with Crippen LogP contribution < -0.4 is 23.8 Å². The number of nitrogens with zero attached hydrogens (tertiary/aromatic N) is 1. The molecule has 0 spiro atoms.